The van der Waals surface area contributed by atoms with E-state index in [1.807, 2.05) is 12.2 Å². The Morgan fingerprint density at radius 2 is 1.80 bits per heavy atom. The zero-order valence-corrected chi connectivity index (χ0v) is 12.9. The Bertz CT molecular complexity index is 284. The van der Waals surface area contributed by atoms with Crippen molar-refractivity contribution < 1.29 is 19.1 Å². The number of ether oxygens (including phenoxy) is 2. The molecule has 0 atom stereocenters. The summed E-state index contributed by atoms with van der Waals surface area (Å²) in [4.78, 5) is 22.9. The number of hydrogen-bond acceptors (Lipinski definition) is 4. The van der Waals surface area contributed by atoms with Gasteiger partial charge in [0, 0.05) is 13.5 Å². The summed E-state index contributed by atoms with van der Waals surface area (Å²) in [6, 6.07) is 0. The average Bonchev–Trinajstić information content (AvgIpc) is 2.45. The molecule has 0 unspecified atom stereocenters. The first kappa shape index (κ1) is 18.8. The highest BCUT2D eigenvalue weighted by Gasteiger charge is 2.13. The summed E-state index contributed by atoms with van der Waals surface area (Å²) in [6.07, 6.45) is 11.0. The Balaban J connectivity index is 3.48. The molecule has 0 radical (unpaired) electrons. The van der Waals surface area contributed by atoms with E-state index in [0.717, 1.165) is 44.9 Å². The third kappa shape index (κ3) is 11.9. The zero-order valence-electron chi connectivity index (χ0n) is 12.9. The molecule has 0 saturated carbocycles. The number of esters is 1. The molecule has 0 aliphatic carbocycles. The maximum absolute atomic E-state index is 11.5. The lowest BCUT2D eigenvalue weighted by molar-refractivity contribution is -0.154. The molecule has 0 rings (SSSR count). The van der Waals surface area contributed by atoms with Crippen molar-refractivity contribution in [2.45, 2.75) is 58.3 Å². The first-order valence-corrected chi connectivity index (χ1v) is 7.56. The molecule has 4 nitrogen and oxygen atoms in total. The van der Waals surface area contributed by atoms with Crippen LogP contribution < -0.4 is 0 Å². The minimum absolute atomic E-state index is 0.284. The van der Waals surface area contributed by atoms with Gasteiger partial charge in [0.2, 0.25) is 5.78 Å². The van der Waals surface area contributed by atoms with Crippen LogP contribution in [0.4, 0.5) is 0 Å². The highest BCUT2D eigenvalue weighted by atomic mass is 16.5. The molecule has 0 aliphatic heterocycles. The molecule has 0 bridgehead atoms. The van der Waals surface area contributed by atoms with Crippen molar-refractivity contribution in [1.82, 2.24) is 0 Å². The number of Topliss-reactive ketones (excluding diaryl/α,β-unsaturated/α-hetero) is 1. The normalized spacial score (nSPS) is 10.9. The third-order valence-electron chi connectivity index (χ3n) is 2.91. The number of unbranched alkanes of at least 4 members (excludes halogenated alkanes) is 5. The largest absolute Gasteiger partial charge is 0.460 e. The van der Waals surface area contributed by atoms with Crippen molar-refractivity contribution in [1.29, 1.82) is 0 Å². The van der Waals surface area contributed by atoms with Crippen molar-refractivity contribution in [3.63, 3.8) is 0 Å². The molecule has 4 heteroatoms. The number of rotatable bonds is 13. The van der Waals surface area contributed by atoms with Gasteiger partial charge < -0.3 is 9.47 Å². The fourth-order valence-corrected chi connectivity index (χ4v) is 1.71. The van der Waals surface area contributed by atoms with Crippen LogP contribution in [0, 0.1) is 0 Å². The molecule has 0 amide bonds. The number of methoxy groups -OCH3 is 1. The highest BCUT2D eigenvalue weighted by molar-refractivity contribution is 6.33. The van der Waals surface area contributed by atoms with E-state index in [1.54, 1.807) is 7.11 Å². The van der Waals surface area contributed by atoms with Gasteiger partial charge in [-0.1, -0.05) is 38.3 Å². The van der Waals surface area contributed by atoms with E-state index in [-0.39, 0.29) is 6.42 Å². The Labute approximate surface area is 122 Å². The van der Waals surface area contributed by atoms with Gasteiger partial charge in [-0.15, -0.1) is 0 Å². The van der Waals surface area contributed by atoms with Crippen molar-refractivity contribution in [2.75, 3.05) is 20.3 Å². The lowest BCUT2D eigenvalue weighted by Gasteiger charge is -2.03. The van der Waals surface area contributed by atoms with Gasteiger partial charge in [-0.2, -0.15) is 0 Å². The highest BCUT2D eigenvalue weighted by Crippen LogP contribution is 2.04. The van der Waals surface area contributed by atoms with Crippen LogP contribution in [-0.4, -0.2) is 32.1 Å². The van der Waals surface area contributed by atoms with Crippen molar-refractivity contribution in [2.24, 2.45) is 0 Å². The first-order valence-electron chi connectivity index (χ1n) is 7.56. The summed E-state index contributed by atoms with van der Waals surface area (Å²) in [5, 5.41) is 0. The van der Waals surface area contributed by atoms with E-state index in [4.69, 9.17) is 9.47 Å². The molecule has 20 heavy (non-hydrogen) atoms. The monoisotopic (exact) mass is 284 g/mol. The van der Waals surface area contributed by atoms with E-state index in [2.05, 4.69) is 6.92 Å². The van der Waals surface area contributed by atoms with Crippen LogP contribution in [0.15, 0.2) is 12.2 Å². The molecule has 0 spiro atoms. The Kier molecular flexibility index (Phi) is 13.4. The van der Waals surface area contributed by atoms with Crippen molar-refractivity contribution in [3.05, 3.63) is 12.2 Å². The van der Waals surface area contributed by atoms with Gasteiger partial charge in [0.1, 0.15) is 0 Å². The van der Waals surface area contributed by atoms with Gasteiger partial charge in [0.15, 0.2) is 0 Å². The van der Waals surface area contributed by atoms with Crippen LogP contribution in [0.25, 0.3) is 0 Å². The topological polar surface area (TPSA) is 52.6 Å². The van der Waals surface area contributed by atoms with Gasteiger partial charge in [-0.25, -0.2) is 4.79 Å². The summed E-state index contributed by atoms with van der Waals surface area (Å²) in [5.74, 6) is -1.07. The molecule has 0 aromatic carbocycles. The summed E-state index contributed by atoms with van der Waals surface area (Å²) < 4.78 is 9.82. The lowest BCUT2D eigenvalue weighted by atomic mass is 10.1. The van der Waals surface area contributed by atoms with Crippen LogP contribution >= 0.6 is 0 Å². The standard InChI is InChI=1S/C16H28O4/c1-3-4-5-11-14-20-16(18)15(17)12-9-7-6-8-10-13-19-2/h8,10H,3-7,9,11-14H2,1-2H3. The average molecular weight is 284 g/mol. The summed E-state index contributed by atoms with van der Waals surface area (Å²) in [5.41, 5.74) is 0. The number of carbonyl (C=O) groups is 2. The van der Waals surface area contributed by atoms with Gasteiger partial charge in [0.05, 0.1) is 13.2 Å². The van der Waals surface area contributed by atoms with Gasteiger partial charge in [0.25, 0.3) is 0 Å². The summed E-state index contributed by atoms with van der Waals surface area (Å²) in [7, 11) is 1.65. The molecular weight excluding hydrogens is 256 g/mol. The van der Waals surface area contributed by atoms with E-state index in [9.17, 15) is 9.59 Å². The molecule has 0 aliphatic rings. The molecule has 0 aromatic rings. The first-order chi connectivity index (χ1) is 9.72. The van der Waals surface area contributed by atoms with Crippen molar-refractivity contribution >= 4 is 11.8 Å². The minimum atomic E-state index is -0.670. The molecule has 116 valence electrons. The van der Waals surface area contributed by atoms with Crippen LogP contribution in [0.2, 0.25) is 0 Å². The number of allylic oxidation sites excluding steroid dienone is 1. The predicted molar refractivity (Wildman–Crippen MR) is 79.6 cm³/mol. The summed E-state index contributed by atoms with van der Waals surface area (Å²) in [6.45, 7) is 3.10. The molecule has 0 aromatic heterocycles. The fourth-order valence-electron chi connectivity index (χ4n) is 1.71. The van der Waals surface area contributed by atoms with Gasteiger partial charge in [-0.05, 0) is 25.7 Å². The number of ketones is 1. The predicted octanol–water partition coefficient (Wildman–Crippen LogP) is 3.44. The van der Waals surface area contributed by atoms with Crippen LogP contribution in [0.3, 0.4) is 0 Å². The van der Waals surface area contributed by atoms with E-state index >= 15 is 0 Å². The fraction of sp³-hybridized carbons (Fsp3) is 0.750. The quantitative estimate of drug-likeness (QED) is 0.225. The second kappa shape index (κ2) is 14.3. The maximum Gasteiger partial charge on any atom is 0.374 e. The molecule has 0 N–H and O–H groups in total. The van der Waals surface area contributed by atoms with Gasteiger partial charge in [-0.3, -0.25) is 4.79 Å². The maximum atomic E-state index is 11.5. The second-order valence-corrected chi connectivity index (χ2v) is 4.79. The minimum Gasteiger partial charge on any atom is -0.460 e. The van der Waals surface area contributed by atoms with E-state index < -0.39 is 11.8 Å². The second-order valence-electron chi connectivity index (χ2n) is 4.79. The third-order valence-corrected chi connectivity index (χ3v) is 2.91. The molecule has 0 fully saturated rings. The zero-order chi connectivity index (χ0) is 15.1. The van der Waals surface area contributed by atoms with Crippen molar-refractivity contribution in [3.8, 4) is 0 Å². The van der Waals surface area contributed by atoms with E-state index in [1.165, 1.54) is 0 Å². The smallest absolute Gasteiger partial charge is 0.374 e. The Morgan fingerprint density at radius 3 is 2.50 bits per heavy atom. The molecule has 0 saturated heterocycles. The van der Waals surface area contributed by atoms with E-state index in [0.29, 0.717) is 13.2 Å². The SMILES string of the molecule is CCCCCCOC(=O)C(=O)CCCCC=CCOC. The lowest BCUT2D eigenvalue weighted by Crippen LogP contribution is -2.17. The van der Waals surface area contributed by atoms with Gasteiger partial charge >= 0.3 is 5.97 Å². The van der Waals surface area contributed by atoms with Crippen LogP contribution in [0.5, 0.6) is 0 Å². The van der Waals surface area contributed by atoms with Crippen LogP contribution in [-0.2, 0) is 19.1 Å². The molecular formula is C16H28O4. The Morgan fingerprint density at radius 1 is 1.00 bits per heavy atom. The summed E-state index contributed by atoms with van der Waals surface area (Å²) >= 11 is 0. The Hall–Kier alpha value is -1.16. The number of hydrogen-bond donors (Lipinski definition) is 0. The number of carbonyl (C=O) groups excluding carboxylic acids is 2. The molecule has 0 heterocycles. The van der Waals surface area contributed by atoms with Crippen LogP contribution in [0.1, 0.15) is 58.3 Å².